The van der Waals surface area contributed by atoms with Crippen molar-refractivity contribution < 1.29 is 16.8 Å². The van der Waals surface area contributed by atoms with Gasteiger partial charge in [0.2, 0.25) is 0 Å². The molecule has 0 amide bonds. The second-order valence-electron chi connectivity index (χ2n) is 6.55. The van der Waals surface area contributed by atoms with Gasteiger partial charge >= 0.3 is 0 Å². The van der Waals surface area contributed by atoms with Crippen LogP contribution in [0.2, 0.25) is 15.1 Å². The summed E-state index contributed by atoms with van der Waals surface area (Å²) in [6, 6.07) is 13.9. The monoisotopic (exact) mass is 503 g/mol. The Morgan fingerprint density at radius 3 is 1.37 bits per heavy atom. The van der Waals surface area contributed by atoms with Crippen molar-refractivity contribution in [3.63, 3.8) is 0 Å². The summed E-state index contributed by atoms with van der Waals surface area (Å²) >= 11 is 18.2. The molecule has 0 saturated carbocycles. The van der Waals surface area contributed by atoms with Gasteiger partial charge in [0.05, 0.1) is 30.5 Å². The van der Waals surface area contributed by atoms with Crippen molar-refractivity contribution in [3.8, 4) is 0 Å². The molecule has 5 nitrogen and oxygen atoms in total. The Morgan fingerprint density at radius 1 is 0.600 bits per heavy atom. The lowest BCUT2D eigenvalue weighted by Crippen LogP contribution is -2.37. The van der Waals surface area contributed by atoms with Crippen LogP contribution >= 0.6 is 34.8 Å². The minimum absolute atomic E-state index is 0.0423. The average molecular weight is 505 g/mol. The minimum atomic E-state index is -4.58. The summed E-state index contributed by atoms with van der Waals surface area (Å²) in [6.07, 6.45) is 0. The van der Waals surface area contributed by atoms with Gasteiger partial charge in [0.1, 0.15) is 0 Å². The number of aryl methyl sites for hydroxylation is 2. The molecule has 0 aliphatic rings. The van der Waals surface area contributed by atoms with Gasteiger partial charge in [-0.1, -0.05) is 70.2 Å². The quantitative estimate of drug-likeness (QED) is 0.409. The van der Waals surface area contributed by atoms with E-state index in [1.54, 1.807) is 38.1 Å². The first kappa shape index (κ1) is 22.9. The first-order valence-corrected chi connectivity index (χ1v) is 12.5. The van der Waals surface area contributed by atoms with Gasteiger partial charge in [-0.2, -0.15) is 3.71 Å². The summed E-state index contributed by atoms with van der Waals surface area (Å²) in [5.41, 5.74) is 1.30. The fraction of sp³-hybridized carbons (Fsp3) is 0.100. The molecule has 0 fully saturated rings. The Morgan fingerprint density at radius 2 is 0.967 bits per heavy atom. The van der Waals surface area contributed by atoms with Crippen molar-refractivity contribution >= 4 is 60.5 Å². The lowest BCUT2D eigenvalue weighted by Gasteiger charge is -2.25. The Bertz CT molecular complexity index is 1230. The molecule has 0 aliphatic heterocycles. The summed E-state index contributed by atoms with van der Waals surface area (Å²) in [5.74, 6) is 0. The van der Waals surface area contributed by atoms with E-state index in [2.05, 4.69) is 0 Å². The third kappa shape index (κ3) is 4.31. The minimum Gasteiger partial charge on any atom is -0.200 e. The van der Waals surface area contributed by atoms with Crippen LogP contribution in [-0.2, 0) is 20.0 Å². The van der Waals surface area contributed by atoms with E-state index in [-0.39, 0.29) is 30.5 Å². The first-order chi connectivity index (χ1) is 13.9. The molecule has 0 aromatic heterocycles. The number of rotatable bonds is 5. The van der Waals surface area contributed by atoms with Crippen molar-refractivity contribution in [2.24, 2.45) is 0 Å². The van der Waals surface area contributed by atoms with Crippen LogP contribution in [0.3, 0.4) is 0 Å². The van der Waals surface area contributed by atoms with Crippen molar-refractivity contribution in [3.05, 3.63) is 86.9 Å². The van der Waals surface area contributed by atoms with Crippen LogP contribution in [-0.4, -0.2) is 16.8 Å². The molecule has 0 N–H and O–H groups in total. The molecule has 0 aliphatic carbocycles. The molecule has 0 unspecified atom stereocenters. The zero-order valence-electron chi connectivity index (χ0n) is 15.8. The molecule has 0 saturated heterocycles. The van der Waals surface area contributed by atoms with Gasteiger partial charge < -0.3 is 0 Å². The molecule has 0 heterocycles. The van der Waals surface area contributed by atoms with Crippen molar-refractivity contribution in [1.29, 1.82) is 0 Å². The lowest BCUT2D eigenvalue weighted by molar-refractivity contribution is 0.584. The van der Waals surface area contributed by atoms with Gasteiger partial charge in [-0.05, 0) is 50.2 Å². The number of halogens is 3. The maximum Gasteiger partial charge on any atom is 0.277 e. The molecule has 3 rings (SSSR count). The zero-order valence-corrected chi connectivity index (χ0v) is 19.7. The van der Waals surface area contributed by atoms with Crippen LogP contribution in [0, 0.1) is 13.8 Å². The van der Waals surface area contributed by atoms with Crippen LogP contribution in [0.25, 0.3) is 0 Å². The molecule has 10 heteroatoms. The van der Waals surface area contributed by atoms with Gasteiger partial charge in [-0.3, -0.25) is 0 Å². The lowest BCUT2D eigenvalue weighted by atomic mass is 10.2. The molecule has 3 aromatic carbocycles. The number of nitrogens with zero attached hydrogens (tertiary/aromatic N) is 1. The highest BCUT2D eigenvalue weighted by molar-refractivity contribution is 8.10. The Hall–Kier alpha value is -1.77. The van der Waals surface area contributed by atoms with Gasteiger partial charge in [0.25, 0.3) is 20.0 Å². The van der Waals surface area contributed by atoms with E-state index >= 15 is 0 Å². The predicted octanol–water partition coefficient (Wildman–Crippen LogP) is 5.85. The van der Waals surface area contributed by atoms with E-state index in [0.717, 1.165) is 17.2 Å². The van der Waals surface area contributed by atoms with Gasteiger partial charge in [0, 0.05) is 0 Å². The molecule has 0 spiro atoms. The fourth-order valence-electron chi connectivity index (χ4n) is 2.65. The highest BCUT2D eigenvalue weighted by Crippen LogP contribution is 2.40. The predicted molar refractivity (Wildman–Crippen MR) is 121 cm³/mol. The van der Waals surface area contributed by atoms with E-state index in [1.165, 1.54) is 30.3 Å². The highest BCUT2D eigenvalue weighted by atomic mass is 35.5. The normalized spacial score (nSPS) is 12.0. The topological polar surface area (TPSA) is 71.5 Å². The Labute approximate surface area is 190 Å². The van der Waals surface area contributed by atoms with Crippen molar-refractivity contribution in [2.75, 3.05) is 3.71 Å². The fourth-order valence-corrected chi connectivity index (χ4v) is 7.09. The summed E-state index contributed by atoms with van der Waals surface area (Å²) < 4.78 is 54.3. The van der Waals surface area contributed by atoms with E-state index < -0.39 is 20.0 Å². The molecule has 0 bridgehead atoms. The smallest absolute Gasteiger partial charge is 0.200 e. The number of hydrogen-bond acceptors (Lipinski definition) is 4. The standard InChI is InChI=1S/C20H16Cl3NO4S2/c1-13-3-7-15(8-4-13)29(25,26)24(20-12-18(22)17(21)11-19(20)23)30(27,28)16-9-5-14(2)6-10-16/h3-12H,1-2H3. The summed E-state index contributed by atoms with van der Waals surface area (Å²) in [6.45, 7) is 3.57. The van der Waals surface area contributed by atoms with Crippen LogP contribution in [0.5, 0.6) is 0 Å². The second kappa shape index (κ2) is 8.40. The van der Waals surface area contributed by atoms with Crippen molar-refractivity contribution in [2.45, 2.75) is 23.6 Å². The number of sulfonamides is 2. The van der Waals surface area contributed by atoms with Gasteiger partial charge in [0.15, 0.2) is 0 Å². The van der Waals surface area contributed by atoms with Crippen LogP contribution in [0.4, 0.5) is 5.69 Å². The number of anilines is 1. The Kier molecular flexibility index (Phi) is 6.41. The maximum atomic E-state index is 13.5. The van der Waals surface area contributed by atoms with Gasteiger partial charge in [-0.15, -0.1) is 0 Å². The third-order valence-electron chi connectivity index (χ3n) is 4.26. The molecule has 30 heavy (non-hydrogen) atoms. The first-order valence-electron chi connectivity index (χ1n) is 8.53. The number of hydrogen-bond donors (Lipinski definition) is 0. The SMILES string of the molecule is Cc1ccc(S(=O)(=O)N(c2cc(Cl)c(Cl)cc2Cl)S(=O)(=O)c2ccc(C)cc2)cc1. The summed E-state index contributed by atoms with van der Waals surface area (Å²) in [7, 11) is -9.16. The highest BCUT2D eigenvalue weighted by Gasteiger charge is 2.38. The molecular formula is C20H16Cl3NO4S2. The summed E-state index contributed by atoms with van der Waals surface area (Å²) in [4.78, 5) is -0.433. The van der Waals surface area contributed by atoms with E-state index in [4.69, 9.17) is 34.8 Å². The van der Waals surface area contributed by atoms with E-state index in [1.807, 2.05) is 0 Å². The molecule has 158 valence electrons. The zero-order chi connectivity index (χ0) is 22.3. The van der Waals surface area contributed by atoms with Crippen LogP contribution in [0.1, 0.15) is 11.1 Å². The molecule has 0 radical (unpaired) electrons. The van der Waals surface area contributed by atoms with Gasteiger partial charge in [-0.25, -0.2) is 16.8 Å². The Balaban J connectivity index is 2.33. The third-order valence-corrected chi connectivity index (χ3v) is 9.47. The van der Waals surface area contributed by atoms with Crippen LogP contribution < -0.4 is 3.71 Å². The molecule has 0 atom stereocenters. The van der Waals surface area contributed by atoms with E-state index in [0.29, 0.717) is 3.71 Å². The maximum absolute atomic E-state index is 13.5. The average Bonchev–Trinajstić information content (AvgIpc) is 2.66. The molecular weight excluding hydrogens is 489 g/mol. The van der Waals surface area contributed by atoms with E-state index in [9.17, 15) is 16.8 Å². The van der Waals surface area contributed by atoms with Crippen LogP contribution in [0.15, 0.2) is 70.5 Å². The number of benzene rings is 3. The molecule has 3 aromatic rings. The second-order valence-corrected chi connectivity index (χ2v) is 11.6. The van der Waals surface area contributed by atoms with Crippen molar-refractivity contribution in [1.82, 2.24) is 0 Å². The summed E-state index contributed by atoms with van der Waals surface area (Å²) in [5, 5.41) is -0.166. The largest absolute Gasteiger partial charge is 0.277 e.